The molecule has 4 heteroatoms. The van der Waals surface area contributed by atoms with Crippen molar-refractivity contribution in [2.24, 2.45) is 0 Å². The van der Waals surface area contributed by atoms with Gasteiger partial charge in [0.1, 0.15) is 0 Å². The van der Waals surface area contributed by atoms with Crippen molar-refractivity contribution in [1.29, 1.82) is 0 Å². The molecule has 2 rings (SSSR count). The van der Waals surface area contributed by atoms with Gasteiger partial charge in [-0.05, 0) is 40.5 Å². The van der Waals surface area contributed by atoms with Crippen LogP contribution in [0.5, 0.6) is 0 Å². The van der Waals surface area contributed by atoms with Gasteiger partial charge in [0.15, 0.2) is 0 Å². The van der Waals surface area contributed by atoms with Gasteiger partial charge in [-0.3, -0.25) is 4.79 Å². The average molecular weight is 328 g/mol. The fraction of sp³-hybridized carbons (Fsp3) is 0.500. The Bertz CT molecular complexity index is 453. The van der Waals surface area contributed by atoms with Crippen LogP contribution in [-0.2, 0) is 0 Å². The molecule has 0 radical (unpaired) electrons. The van der Waals surface area contributed by atoms with E-state index < -0.39 is 0 Å². The van der Waals surface area contributed by atoms with E-state index in [1.165, 1.54) is 0 Å². The van der Waals surface area contributed by atoms with Crippen LogP contribution in [0.15, 0.2) is 22.7 Å². The van der Waals surface area contributed by atoms with Gasteiger partial charge in [0.25, 0.3) is 5.91 Å². The molecule has 0 aromatic heterocycles. The first-order valence-electron chi connectivity index (χ1n) is 6.18. The van der Waals surface area contributed by atoms with Crippen LogP contribution in [0.1, 0.15) is 29.8 Å². The first kappa shape index (κ1) is 13.9. The molecule has 2 atom stereocenters. The number of aryl methyl sites for hydroxylation is 1. The van der Waals surface area contributed by atoms with E-state index in [9.17, 15) is 4.79 Å². The minimum absolute atomic E-state index is 0.140. The molecule has 2 unspecified atom stereocenters. The van der Waals surface area contributed by atoms with Crippen LogP contribution >= 0.6 is 27.7 Å². The predicted molar refractivity (Wildman–Crippen MR) is 81.3 cm³/mol. The number of hydrogen-bond donors (Lipinski definition) is 0. The largest absolute Gasteiger partial charge is 0.336 e. The standard InChI is InChI=1S/C14H18BrNOS/c1-9-4-5-12(13(15)6-9)14(17)16-7-10(2)18-11(3)8-16/h4-6,10-11H,7-8H2,1-3H3. The first-order valence-corrected chi connectivity index (χ1v) is 7.92. The Morgan fingerprint density at radius 1 is 1.33 bits per heavy atom. The molecule has 1 amide bonds. The summed E-state index contributed by atoms with van der Waals surface area (Å²) in [5, 5.41) is 1.03. The fourth-order valence-electron chi connectivity index (χ4n) is 2.31. The lowest BCUT2D eigenvalue weighted by atomic mass is 10.1. The van der Waals surface area contributed by atoms with Gasteiger partial charge < -0.3 is 4.90 Å². The molecule has 0 bridgehead atoms. The van der Waals surface area contributed by atoms with Crippen molar-refractivity contribution in [3.63, 3.8) is 0 Å². The molecule has 2 nitrogen and oxygen atoms in total. The first-order chi connectivity index (χ1) is 8.47. The highest BCUT2D eigenvalue weighted by Crippen LogP contribution is 2.27. The maximum Gasteiger partial charge on any atom is 0.255 e. The Labute approximate surface area is 121 Å². The van der Waals surface area contributed by atoms with Crippen LogP contribution in [0, 0.1) is 6.92 Å². The Morgan fingerprint density at radius 2 is 1.94 bits per heavy atom. The summed E-state index contributed by atoms with van der Waals surface area (Å²) in [6, 6.07) is 5.90. The second-order valence-corrected chi connectivity index (χ2v) is 7.69. The Morgan fingerprint density at radius 3 is 2.50 bits per heavy atom. The van der Waals surface area contributed by atoms with E-state index in [-0.39, 0.29) is 5.91 Å². The summed E-state index contributed by atoms with van der Waals surface area (Å²) in [6.45, 7) is 8.08. The van der Waals surface area contributed by atoms with Gasteiger partial charge in [-0.1, -0.05) is 19.9 Å². The smallest absolute Gasteiger partial charge is 0.255 e. The molecule has 1 aliphatic rings. The molecule has 1 aliphatic heterocycles. The second kappa shape index (κ2) is 5.66. The maximum atomic E-state index is 12.5. The summed E-state index contributed by atoms with van der Waals surface area (Å²) < 4.78 is 0.894. The van der Waals surface area contributed by atoms with Crippen molar-refractivity contribution < 1.29 is 4.79 Å². The predicted octanol–water partition coefficient (Wildman–Crippen LogP) is 3.72. The minimum Gasteiger partial charge on any atom is -0.336 e. The highest BCUT2D eigenvalue weighted by atomic mass is 79.9. The van der Waals surface area contributed by atoms with E-state index in [0.717, 1.165) is 28.7 Å². The molecule has 98 valence electrons. The third-order valence-electron chi connectivity index (χ3n) is 3.06. The maximum absolute atomic E-state index is 12.5. The molecule has 1 aromatic rings. The third-order valence-corrected chi connectivity index (χ3v) is 4.95. The van der Waals surface area contributed by atoms with Crippen LogP contribution in [0.4, 0.5) is 0 Å². The highest BCUT2D eigenvalue weighted by Gasteiger charge is 2.27. The summed E-state index contributed by atoms with van der Waals surface area (Å²) in [5.74, 6) is 0.140. The van der Waals surface area contributed by atoms with Crippen LogP contribution in [0.3, 0.4) is 0 Å². The van der Waals surface area contributed by atoms with Crippen molar-refractivity contribution >= 4 is 33.6 Å². The summed E-state index contributed by atoms with van der Waals surface area (Å²) >= 11 is 5.45. The number of carbonyl (C=O) groups excluding carboxylic acids is 1. The van der Waals surface area contributed by atoms with Gasteiger partial charge in [-0.25, -0.2) is 0 Å². The molecule has 0 spiro atoms. The van der Waals surface area contributed by atoms with Crippen LogP contribution in [-0.4, -0.2) is 34.4 Å². The molecular formula is C14H18BrNOS. The van der Waals surface area contributed by atoms with Gasteiger partial charge in [0, 0.05) is 28.1 Å². The van der Waals surface area contributed by atoms with E-state index in [2.05, 4.69) is 29.8 Å². The molecule has 0 N–H and O–H groups in total. The number of hydrogen-bond acceptors (Lipinski definition) is 2. The highest BCUT2D eigenvalue weighted by molar-refractivity contribution is 9.10. The topological polar surface area (TPSA) is 20.3 Å². The third kappa shape index (κ3) is 3.09. The lowest BCUT2D eigenvalue weighted by Crippen LogP contribution is -2.44. The number of thioether (sulfide) groups is 1. The average Bonchev–Trinajstić information content (AvgIpc) is 2.26. The van der Waals surface area contributed by atoms with Gasteiger partial charge in [0.2, 0.25) is 0 Å². The fourth-order valence-corrected chi connectivity index (χ4v) is 4.30. The van der Waals surface area contributed by atoms with E-state index in [0.29, 0.717) is 10.5 Å². The number of nitrogens with zero attached hydrogens (tertiary/aromatic N) is 1. The molecule has 1 saturated heterocycles. The molecule has 1 aromatic carbocycles. The lowest BCUT2D eigenvalue weighted by molar-refractivity contribution is 0.0752. The SMILES string of the molecule is Cc1ccc(C(=O)N2CC(C)SC(C)C2)c(Br)c1. The van der Waals surface area contributed by atoms with Crippen molar-refractivity contribution in [1.82, 2.24) is 4.90 Å². The van der Waals surface area contributed by atoms with E-state index in [4.69, 9.17) is 0 Å². The van der Waals surface area contributed by atoms with Gasteiger partial charge in [-0.15, -0.1) is 0 Å². The minimum atomic E-state index is 0.140. The van der Waals surface area contributed by atoms with E-state index in [1.807, 2.05) is 41.8 Å². The van der Waals surface area contributed by atoms with Gasteiger partial charge in [-0.2, -0.15) is 11.8 Å². The zero-order chi connectivity index (χ0) is 13.3. The number of benzene rings is 1. The van der Waals surface area contributed by atoms with Crippen molar-refractivity contribution in [3.8, 4) is 0 Å². The summed E-state index contributed by atoms with van der Waals surface area (Å²) in [6.07, 6.45) is 0. The molecule has 1 fully saturated rings. The van der Waals surface area contributed by atoms with Gasteiger partial charge in [0.05, 0.1) is 5.56 Å². The Hall–Kier alpha value is -0.480. The zero-order valence-corrected chi connectivity index (χ0v) is 13.3. The summed E-state index contributed by atoms with van der Waals surface area (Å²) in [7, 11) is 0. The van der Waals surface area contributed by atoms with Crippen LogP contribution < -0.4 is 0 Å². The van der Waals surface area contributed by atoms with E-state index in [1.54, 1.807) is 0 Å². The number of halogens is 1. The summed E-state index contributed by atoms with van der Waals surface area (Å²) in [5.41, 5.74) is 1.93. The zero-order valence-electron chi connectivity index (χ0n) is 10.9. The van der Waals surface area contributed by atoms with E-state index >= 15 is 0 Å². The summed E-state index contributed by atoms with van der Waals surface area (Å²) in [4.78, 5) is 14.5. The normalized spacial score (nSPS) is 24.1. The van der Waals surface area contributed by atoms with Crippen LogP contribution in [0.2, 0.25) is 0 Å². The monoisotopic (exact) mass is 327 g/mol. The molecular weight excluding hydrogens is 310 g/mol. The molecule has 18 heavy (non-hydrogen) atoms. The van der Waals surface area contributed by atoms with Gasteiger partial charge >= 0.3 is 0 Å². The Kier molecular flexibility index (Phi) is 4.38. The van der Waals surface area contributed by atoms with Crippen LogP contribution in [0.25, 0.3) is 0 Å². The molecule has 0 saturated carbocycles. The second-order valence-electron chi connectivity index (χ2n) is 4.95. The lowest BCUT2D eigenvalue weighted by Gasteiger charge is -2.34. The Balaban J connectivity index is 2.20. The molecule has 0 aliphatic carbocycles. The molecule has 1 heterocycles. The van der Waals surface area contributed by atoms with Crippen molar-refractivity contribution in [2.45, 2.75) is 31.3 Å². The van der Waals surface area contributed by atoms with Crippen molar-refractivity contribution in [2.75, 3.05) is 13.1 Å². The quantitative estimate of drug-likeness (QED) is 0.783. The van der Waals surface area contributed by atoms with Crippen molar-refractivity contribution in [3.05, 3.63) is 33.8 Å². The number of carbonyl (C=O) groups is 1. The number of amides is 1. The number of rotatable bonds is 1.